The lowest BCUT2D eigenvalue weighted by Crippen LogP contribution is -2.13. The third-order valence-electron chi connectivity index (χ3n) is 4.39. The van der Waals surface area contributed by atoms with Crippen molar-refractivity contribution in [2.45, 2.75) is 0 Å². The highest BCUT2D eigenvalue weighted by molar-refractivity contribution is 6.45. The molecule has 2 aromatic carbocycles. The number of carboxylic acids is 1. The van der Waals surface area contributed by atoms with Gasteiger partial charge in [-0.25, -0.2) is 14.8 Å². The van der Waals surface area contributed by atoms with Gasteiger partial charge in [-0.3, -0.25) is 0 Å². The van der Waals surface area contributed by atoms with E-state index in [0.29, 0.717) is 40.3 Å². The number of hydrogen-bond donors (Lipinski definition) is 2. The van der Waals surface area contributed by atoms with Crippen LogP contribution in [0.3, 0.4) is 0 Å². The molecule has 4 aromatic rings. The highest BCUT2D eigenvalue weighted by Gasteiger charge is 2.13. The second kappa shape index (κ2) is 8.61. The lowest BCUT2D eigenvalue weighted by molar-refractivity contribution is 0.0696. The van der Waals surface area contributed by atoms with E-state index < -0.39 is 5.97 Å². The van der Waals surface area contributed by atoms with Crippen LogP contribution in [0.4, 0.5) is 5.82 Å². The fourth-order valence-corrected chi connectivity index (χ4v) is 3.35. The Morgan fingerprint density at radius 2 is 2.07 bits per heavy atom. The number of aromatic nitrogens is 3. The van der Waals surface area contributed by atoms with E-state index in [0.717, 1.165) is 11.1 Å². The van der Waals surface area contributed by atoms with E-state index in [9.17, 15) is 4.79 Å². The number of fused-ring (bicyclic) bond motifs is 1. The van der Waals surface area contributed by atoms with Crippen molar-refractivity contribution >= 4 is 45.9 Å². The monoisotopic (exact) mass is 442 g/mol. The van der Waals surface area contributed by atoms with Crippen LogP contribution >= 0.6 is 23.2 Å². The van der Waals surface area contributed by atoms with Crippen LogP contribution in [0.2, 0.25) is 10.0 Å². The standard InChI is InChI=1S/C21H16Cl2N4O3/c22-16-5-4-15-17(27-8-6-24-12-27)11-18(26-20(15)19(16)23)25-7-9-30-14-3-1-2-13(10-14)21(28)29/h1-6,8,10-12H,7,9H2,(H,25,26)(H,28,29). The number of nitrogens with one attached hydrogen (secondary N) is 1. The van der Waals surface area contributed by atoms with Crippen molar-refractivity contribution in [1.29, 1.82) is 0 Å². The van der Waals surface area contributed by atoms with Gasteiger partial charge in [0.2, 0.25) is 0 Å². The van der Waals surface area contributed by atoms with Crippen LogP contribution in [0.25, 0.3) is 16.6 Å². The Labute approximate surface area is 181 Å². The summed E-state index contributed by atoms with van der Waals surface area (Å²) in [6.07, 6.45) is 5.22. The van der Waals surface area contributed by atoms with Crippen molar-refractivity contribution in [1.82, 2.24) is 14.5 Å². The fraction of sp³-hybridized carbons (Fsp3) is 0.0952. The number of pyridine rings is 1. The van der Waals surface area contributed by atoms with Crippen molar-refractivity contribution in [2.24, 2.45) is 0 Å². The molecular weight excluding hydrogens is 427 g/mol. The number of carbonyl (C=O) groups is 1. The van der Waals surface area contributed by atoms with E-state index in [4.69, 9.17) is 33.0 Å². The topological polar surface area (TPSA) is 89.3 Å². The predicted octanol–water partition coefficient (Wildman–Crippen LogP) is 4.92. The van der Waals surface area contributed by atoms with Crippen LogP contribution in [-0.2, 0) is 0 Å². The number of nitrogens with zero attached hydrogens (tertiary/aromatic N) is 3. The van der Waals surface area contributed by atoms with Crippen molar-refractivity contribution in [2.75, 3.05) is 18.5 Å². The Kier molecular flexibility index (Phi) is 5.74. The van der Waals surface area contributed by atoms with Crippen molar-refractivity contribution in [3.8, 4) is 11.4 Å². The van der Waals surface area contributed by atoms with Gasteiger partial charge in [-0.2, -0.15) is 0 Å². The van der Waals surface area contributed by atoms with Gasteiger partial charge in [-0.15, -0.1) is 0 Å². The maximum absolute atomic E-state index is 11.1. The largest absolute Gasteiger partial charge is 0.492 e. The van der Waals surface area contributed by atoms with Gasteiger partial charge >= 0.3 is 5.97 Å². The molecule has 0 fully saturated rings. The summed E-state index contributed by atoms with van der Waals surface area (Å²) in [5.41, 5.74) is 1.61. The zero-order valence-electron chi connectivity index (χ0n) is 15.5. The molecule has 0 aliphatic heterocycles. The molecule has 0 spiro atoms. The number of carboxylic acid groups (broad SMARTS) is 1. The van der Waals surface area contributed by atoms with Gasteiger partial charge in [0.15, 0.2) is 0 Å². The summed E-state index contributed by atoms with van der Waals surface area (Å²) < 4.78 is 7.50. The minimum absolute atomic E-state index is 0.174. The van der Waals surface area contributed by atoms with Crippen LogP contribution in [-0.4, -0.2) is 38.8 Å². The molecule has 2 heterocycles. The lowest BCUT2D eigenvalue weighted by Gasteiger charge is -2.13. The molecule has 0 amide bonds. The third kappa shape index (κ3) is 4.17. The third-order valence-corrected chi connectivity index (χ3v) is 5.19. The summed E-state index contributed by atoms with van der Waals surface area (Å²) >= 11 is 12.6. The molecule has 0 bridgehead atoms. The normalized spacial score (nSPS) is 10.9. The summed E-state index contributed by atoms with van der Waals surface area (Å²) in [6.45, 7) is 0.754. The summed E-state index contributed by atoms with van der Waals surface area (Å²) in [6, 6.07) is 11.8. The van der Waals surface area contributed by atoms with Gasteiger partial charge in [0.1, 0.15) is 18.2 Å². The van der Waals surface area contributed by atoms with Crippen LogP contribution in [0, 0.1) is 0 Å². The number of benzene rings is 2. The molecule has 30 heavy (non-hydrogen) atoms. The van der Waals surface area contributed by atoms with Crippen LogP contribution in [0.15, 0.2) is 61.2 Å². The quantitative estimate of drug-likeness (QED) is 0.395. The highest BCUT2D eigenvalue weighted by atomic mass is 35.5. The number of hydrogen-bond acceptors (Lipinski definition) is 5. The Morgan fingerprint density at radius 3 is 2.83 bits per heavy atom. The molecule has 9 heteroatoms. The molecule has 0 aliphatic rings. The van der Waals surface area contributed by atoms with Crippen LogP contribution in [0.5, 0.6) is 5.75 Å². The maximum atomic E-state index is 11.1. The molecule has 152 valence electrons. The number of anilines is 1. The first-order chi connectivity index (χ1) is 14.5. The summed E-state index contributed by atoms with van der Waals surface area (Å²) in [4.78, 5) is 19.8. The second-order valence-corrected chi connectivity index (χ2v) is 7.15. The first kappa shape index (κ1) is 20.0. The summed E-state index contributed by atoms with van der Waals surface area (Å²) in [7, 11) is 0. The summed E-state index contributed by atoms with van der Waals surface area (Å²) in [5, 5.41) is 13.9. The minimum Gasteiger partial charge on any atom is -0.492 e. The SMILES string of the molecule is O=C(O)c1cccc(OCCNc2cc(-n3ccnc3)c3ccc(Cl)c(Cl)c3n2)c1. The van der Waals surface area contributed by atoms with Gasteiger partial charge in [-0.1, -0.05) is 29.3 Å². The Morgan fingerprint density at radius 1 is 1.20 bits per heavy atom. The Hall–Kier alpha value is -3.29. The molecular formula is C21H16Cl2N4O3. The van der Waals surface area contributed by atoms with E-state index in [2.05, 4.69) is 15.3 Å². The van der Waals surface area contributed by atoms with Gasteiger partial charge in [-0.05, 0) is 30.3 Å². The van der Waals surface area contributed by atoms with Crippen LogP contribution < -0.4 is 10.1 Å². The van der Waals surface area contributed by atoms with E-state index in [1.165, 1.54) is 12.1 Å². The Balaban J connectivity index is 1.54. The Bertz CT molecular complexity index is 1210. The molecule has 0 unspecified atom stereocenters. The molecule has 2 aromatic heterocycles. The molecule has 7 nitrogen and oxygen atoms in total. The molecule has 0 saturated carbocycles. The van der Waals surface area contributed by atoms with Crippen LogP contribution in [0.1, 0.15) is 10.4 Å². The van der Waals surface area contributed by atoms with Crippen molar-refractivity contribution in [3.05, 3.63) is 76.8 Å². The molecule has 2 N–H and O–H groups in total. The molecule has 0 saturated heterocycles. The second-order valence-electron chi connectivity index (χ2n) is 6.36. The minimum atomic E-state index is -0.999. The van der Waals surface area contributed by atoms with E-state index in [-0.39, 0.29) is 5.56 Å². The van der Waals surface area contributed by atoms with Crippen molar-refractivity contribution in [3.63, 3.8) is 0 Å². The fourth-order valence-electron chi connectivity index (χ4n) is 2.99. The number of imidazole rings is 1. The number of halogens is 2. The van der Waals surface area contributed by atoms with Gasteiger partial charge < -0.3 is 19.7 Å². The first-order valence-corrected chi connectivity index (χ1v) is 9.75. The lowest BCUT2D eigenvalue weighted by atomic mass is 10.1. The molecule has 0 aliphatic carbocycles. The highest BCUT2D eigenvalue weighted by Crippen LogP contribution is 2.33. The molecule has 0 atom stereocenters. The average molecular weight is 443 g/mol. The molecule has 4 rings (SSSR count). The van der Waals surface area contributed by atoms with Gasteiger partial charge in [0, 0.05) is 23.8 Å². The number of aromatic carboxylic acids is 1. The molecule has 0 radical (unpaired) electrons. The first-order valence-electron chi connectivity index (χ1n) is 9.00. The number of rotatable bonds is 7. The van der Waals surface area contributed by atoms with E-state index in [1.807, 2.05) is 22.9 Å². The smallest absolute Gasteiger partial charge is 0.335 e. The van der Waals surface area contributed by atoms with Gasteiger partial charge in [0.25, 0.3) is 0 Å². The van der Waals surface area contributed by atoms with E-state index in [1.54, 1.807) is 30.7 Å². The van der Waals surface area contributed by atoms with E-state index >= 15 is 0 Å². The average Bonchev–Trinajstić information content (AvgIpc) is 3.28. The van der Waals surface area contributed by atoms with Gasteiger partial charge in [0.05, 0.1) is 39.7 Å². The predicted molar refractivity (Wildman–Crippen MR) is 116 cm³/mol. The van der Waals surface area contributed by atoms with Crippen molar-refractivity contribution < 1.29 is 14.6 Å². The summed E-state index contributed by atoms with van der Waals surface area (Å²) in [5.74, 6) is 0.0804. The number of ether oxygens (including phenoxy) is 1. The maximum Gasteiger partial charge on any atom is 0.335 e. The zero-order chi connectivity index (χ0) is 21.1. The zero-order valence-corrected chi connectivity index (χ0v) is 17.1.